The van der Waals surface area contributed by atoms with Crippen LogP contribution in [0.4, 0.5) is 0 Å². The average Bonchev–Trinajstić information content (AvgIpc) is 2.79. The van der Waals surface area contributed by atoms with Crippen LogP contribution in [-0.2, 0) is 0 Å². The fraction of sp³-hybridized carbons (Fsp3) is 0.308. The highest BCUT2D eigenvalue weighted by atomic mass is 16.1. The second-order valence-corrected chi connectivity index (χ2v) is 4.36. The van der Waals surface area contributed by atoms with Gasteiger partial charge < -0.3 is 0 Å². The molecule has 1 aromatic heterocycles. The lowest BCUT2D eigenvalue weighted by molar-refractivity contribution is 0.112. The largest absolute Gasteiger partial charge is 0.298 e. The van der Waals surface area contributed by atoms with Crippen molar-refractivity contribution in [2.75, 3.05) is 0 Å². The van der Waals surface area contributed by atoms with Crippen molar-refractivity contribution >= 4 is 6.29 Å². The van der Waals surface area contributed by atoms with E-state index < -0.39 is 0 Å². The number of rotatable bonds is 3. The van der Waals surface area contributed by atoms with Gasteiger partial charge in [-0.25, -0.2) is 9.67 Å². The van der Waals surface area contributed by atoms with Crippen molar-refractivity contribution in [3.63, 3.8) is 0 Å². The van der Waals surface area contributed by atoms with Crippen LogP contribution in [0.25, 0.3) is 5.69 Å². The van der Waals surface area contributed by atoms with Crippen LogP contribution in [0.1, 0.15) is 41.5 Å². The van der Waals surface area contributed by atoms with E-state index in [0.717, 1.165) is 23.4 Å². The summed E-state index contributed by atoms with van der Waals surface area (Å²) in [6, 6.07) is 5.66. The Balaban J connectivity index is 2.42. The second kappa shape index (κ2) is 4.49. The van der Waals surface area contributed by atoms with Gasteiger partial charge in [-0.1, -0.05) is 19.9 Å². The third-order valence-electron chi connectivity index (χ3n) is 2.68. The molecule has 0 aliphatic rings. The number of aromatic nitrogens is 3. The van der Waals surface area contributed by atoms with Crippen LogP contribution in [-0.4, -0.2) is 21.1 Å². The lowest BCUT2D eigenvalue weighted by Gasteiger charge is -2.03. The van der Waals surface area contributed by atoms with Gasteiger partial charge in [-0.05, 0) is 24.6 Å². The maximum Gasteiger partial charge on any atom is 0.153 e. The molecule has 1 heterocycles. The molecule has 0 spiro atoms. The van der Waals surface area contributed by atoms with Gasteiger partial charge in [-0.2, -0.15) is 5.10 Å². The summed E-state index contributed by atoms with van der Waals surface area (Å²) in [6.45, 7) is 6.01. The third kappa shape index (κ3) is 2.25. The molecule has 0 radical (unpaired) electrons. The smallest absolute Gasteiger partial charge is 0.153 e. The number of hydrogen-bond acceptors (Lipinski definition) is 3. The molecular formula is C13H15N3O. The van der Waals surface area contributed by atoms with Gasteiger partial charge in [0.05, 0.1) is 5.69 Å². The summed E-state index contributed by atoms with van der Waals surface area (Å²) in [5, 5.41) is 4.37. The topological polar surface area (TPSA) is 47.8 Å². The zero-order chi connectivity index (χ0) is 12.4. The van der Waals surface area contributed by atoms with Crippen molar-refractivity contribution in [3.05, 3.63) is 41.5 Å². The Bertz CT molecular complexity index is 543. The van der Waals surface area contributed by atoms with Crippen LogP contribution in [0.3, 0.4) is 0 Å². The van der Waals surface area contributed by atoms with E-state index in [1.165, 1.54) is 0 Å². The second-order valence-electron chi connectivity index (χ2n) is 4.36. The van der Waals surface area contributed by atoms with Gasteiger partial charge in [-0.15, -0.1) is 0 Å². The molecule has 0 aliphatic heterocycles. The zero-order valence-corrected chi connectivity index (χ0v) is 10.2. The molecule has 1 aromatic carbocycles. The number of benzene rings is 1. The molecule has 17 heavy (non-hydrogen) atoms. The molecule has 0 unspecified atom stereocenters. The normalized spacial score (nSPS) is 10.8. The summed E-state index contributed by atoms with van der Waals surface area (Å²) in [4.78, 5) is 15.1. The summed E-state index contributed by atoms with van der Waals surface area (Å²) in [7, 11) is 0. The lowest BCUT2D eigenvalue weighted by Crippen LogP contribution is -1.99. The van der Waals surface area contributed by atoms with Gasteiger partial charge in [-0.3, -0.25) is 4.79 Å². The maximum atomic E-state index is 10.9. The van der Waals surface area contributed by atoms with Crippen LogP contribution in [0.15, 0.2) is 24.5 Å². The Labute approximate surface area is 100 Å². The predicted octanol–water partition coefficient (Wildman–Crippen LogP) is 2.51. The van der Waals surface area contributed by atoms with E-state index in [2.05, 4.69) is 10.1 Å². The first kappa shape index (κ1) is 11.5. The monoisotopic (exact) mass is 229 g/mol. The van der Waals surface area contributed by atoms with Crippen molar-refractivity contribution in [1.82, 2.24) is 14.8 Å². The van der Waals surface area contributed by atoms with Crippen LogP contribution >= 0.6 is 0 Å². The Morgan fingerprint density at radius 1 is 1.35 bits per heavy atom. The third-order valence-corrected chi connectivity index (χ3v) is 2.68. The molecular weight excluding hydrogens is 214 g/mol. The standard InChI is InChI=1S/C13H15N3O/c1-9(2)13-14-8-16(15-13)12-5-4-10(3)11(6-12)7-17/h4-9H,1-3H3. The van der Waals surface area contributed by atoms with Crippen LogP contribution in [0, 0.1) is 6.92 Å². The van der Waals surface area contributed by atoms with Crippen molar-refractivity contribution < 1.29 is 4.79 Å². The first-order chi connectivity index (χ1) is 8.11. The molecule has 0 atom stereocenters. The van der Waals surface area contributed by atoms with Gasteiger partial charge in [0, 0.05) is 11.5 Å². The molecule has 4 nitrogen and oxygen atoms in total. The molecule has 0 bridgehead atoms. The fourth-order valence-electron chi connectivity index (χ4n) is 1.56. The molecule has 2 aromatic rings. The highest BCUT2D eigenvalue weighted by Gasteiger charge is 2.07. The maximum absolute atomic E-state index is 10.9. The lowest BCUT2D eigenvalue weighted by atomic mass is 10.1. The van der Waals surface area contributed by atoms with E-state index in [9.17, 15) is 4.79 Å². The Hall–Kier alpha value is -1.97. The van der Waals surface area contributed by atoms with E-state index >= 15 is 0 Å². The summed E-state index contributed by atoms with van der Waals surface area (Å²) in [5.41, 5.74) is 2.51. The minimum atomic E-state index is 0.298. The van der Waals surface area contributed by atoms with Crippen LogP contribution < -0.4 is 0 Å². The molecule has 0 saturated carbocycles. The highest BCUT2D eigenvalue weighted by Crippen LogP contribution is 2.14. The van der Waals surface area contributed by atoms with E-state index in [1.807, 2.05) is 39.0 Å². The van der Waals surface area contributed by atoms with E-state index in [-0.39, 0.29) is 0 Å². The summed E-state index contributed by atoms with van der Waals surface area (Å²) < 4.78 is 1.70. The first-order valence-electron chi connectivity index (χ1n) is 5.59. The molecule has 0 saturated heterocycles. The number of aryl methyl sites for hydroxylation is 1. The fourth-order valence-corrected chi connectivity index (χ4v) is 1.56. The van der Waals surface area contributed by atoms with Gasteiger partial charge in [0.2, 0.25) is 0 Å². The quantitative estimate of drug-likeness (QED) is 0.760. The minimum absolute atomic E-state index is 0.298. The predicted molar refractivity (Wildman–Crippen MR) is 65.6 cm³/mol. The van der Waals surface area contributed by atoms with Crippen molar-refractivity contribution in [2.45, 2.75) is 26.7 Å². The number of nitrogens with zero attached hydrogens (tertiary/aromatic N) is 3. The minimum Gasteiger partial charge on any atom is -0.298 e. The van der Waals surface area contributed by atoms with Crippen molar-refractivity contribution in [3.8, 4) is 5.69 Å². The molecule has 0 N–H and O–H groups in total. The number of hydrogen-bond donors (Lipinski definition) is 0. The SMILES string of the molecule is Cc1ccc(-n2cnc(C(C)C)n2)cc1C=O. The van der Waals surface area contributed by atoms with E-state index in [0.29, 0.717) is 11.5 Å². The van der Waals surface area contributed by atoms with Crippen LogP contribution in [0.5, 0.6) is 0 Å². The van der Waals surface area contributed by atoms with Gasteiger partial charge in [0.1, 0.15) is 12.6 Å². The van der Waals surface area contributed by atoms with Crippen molar-refractivity contribution in [2.24, 2.45) is 0 Å². The first-order valence-corrected chi connectivity index (χ1v) is 5.59. The molecule has 0 aliphatic carbocycles. The van der Waals surface area contributed by atoms with Gasteiger partial charge in [0.25, 0.3) is 0 Å². The summed E-state index contributed by atoms with van der Waals surface area (Å²) >= 11 is 0. The molecule has 2 rings (SSSR count). The van der Waals surface area contributed by atoms with E-state index in [4.69, 9.17) is 0 Å². The molecule has 0 fully saturated rings. The molecule has 4 heteroatoms. The van der Waals surface area contributed by atoms with Gasteiger partial charge >= 0.3 is 0 Å². The Kier molecular flexibility index (Phi) is 3.04. The zero-order valence-electron chi connectivity index (χ0n) is 10.2. The summed E-state index contributed by atoms with van der Waals surface area (Å²) in [6.07, 6.45) is 2.54. The number of carbonyl (C=O) groups excluding carboxylic acids is 1. The van der Waals surface area contributed by atoms with Crippen LogP contribution in [0.2, 0.25) is 0 Å². The molecule has 0 amide bonds. The number of aldehydes is 1. The average molecular weight is 229 g/mol. The van der Waals surface area contributed by atoms with Crippen molar-refractivity contribution in [1.29, 1.82) is 0 Å². The summed E-state index contributed by atoms with van der Waals surface area (Å²) in [5.74, 6) is 1.10. The Morgan fingerprint density at radius 2 is 2.12 bits per heavy atom. The Morgan fingerprint density at radius 3 is 2.71 bits per heavy atom. The molecule has 88 valence electrons. The highest BCUT2D eigenvalue weighted by molar-refractivity contribution is 5.78. The number of carbonyl (C=O) groups is 1. The van der Waals surface area contributed by atoms with E-state index in [1.54, 1.807) is 11.0 Å². The van der Waals surface area contributed by atoms with Gasteiger partial charge in [0.15, 0.2) is 5.82 Å².